The van der Waals surface area contributed by atoms with Gasteiger partial charge in [-0.1, -0.05) is 19.3 Å². The van der Waals surface area contributed by atoms with E-state index in [-0.39, 0.29) is 5.96 Å². The Balaban J connectivity index is 2.06. The Morgan fingerprint density at radius 1 is 1.41 bits per heavy atom. The Bertz CT molecular complexity index is 274. The molecule has 2 aliphatic rings. The smallest absolute Gasteiger partial charge is 0.188 e. The van der Waals surface area contributed by atoms with Crippen LogP contribution in [-0.4, -0.2) is 37.2 Å². The van der Waals surface area contributed by atoms with Crippen molar-refractivity contribution in [3.63, 3.8) is 0 Å². The van der Waals surface area contributed by atoms with Crippen molar-refractivity contribution >= 4 is 5.96 Å². The van der Waals surface area contributed by atoms with Crippen molar-refractivity contribution in [2.24, 2.45) is 17.1 Å². The van der Waals surface area contributed by atoms with Crippen LogP contribution < -0.4 is 5.73 Å². The van der Waals surface area contributed by atoms with Gasteiger partial charge in [0, 0.05) is 25.6 Å². The van der Waals surface area contributed by atoms with E-state index in [1.165, 1.54) is 32.1 Å². The molecule has 4 nitrogen and oxygen atoms in total. The van der Waals surface area contributed by atoms with Gasteiger partial charge in [-0.3, -0.25) is 5.41 Å². The molecule has 0 amide bonds. The van der Waals surface area contributed by atoms with Crippen molar-refractivity contribution in [3.05, 3.63) is 0 Å². The number of ether oxygens (including phenoxy) is 1. The molecule has 0 aromatic rings. The van der Waals surface area contributed by atoms with Gasteiger partial charge in [-0.25, -0.2) is 0 Å². The molecule has 0 aromatic heterocycles. The lowest BCUT2D eigenvalue weighted by Crippen LogP contribution is -2.37. The maximum absolute atomic E-state index is 7.62. The molecule has 0 radical (unpaired) electrons. The monoisotopic (exact) mass is 239 g/mol. The van der Waals surface area contributed by atoms with Crippen molar-refractivity contribution in [3.8, 4) is 0 Å². The van der Waals surface area contributed by atoms with Crippen LogP contribution in [0.2, 0.25) is 0 Å². The zero-order chi connectivity index (χ0) is 12.3. The third kappa shape index (κ3) is 2.57. The van der Waals surface area contributed by atoms with Gasteiger partial charge in [-0.05, 0) is 25.2 Å². The fraction of sp³-hybridized carbons (Fsp3) is 0.923. The second-order valence-electron chi connectivity index (χ2n) is 5.55. The number of nitrogens with two attached hydrogens (primary N) is 1. The summed E-state index contributed by atoms with van der Waals surface area (Å²) in [6.45, 7) is 5.55. The molecule has 2 rings (SSSR count). The molecule has 17 heavy (non-hydrogen) atoms. The van der Waals surface area contributed by atoms with Gasteiger partial charge in [0.05, 0.1) is 6.61 Å². The van der Waals surface area contributed by atoms with E-state index in [9.17, 15) is 0 Å². The summed E-state index contributed by atoms with van der Waals surface area (Å²) in [5, 5.41) is 7.62. The molecule has 98 valence electrons. The first-order chi connectivity index (χ1) is 8.18. The summed E-state index contributed by atoms with van der Waals surface area (Å²) in [6.07, 6.45) is 6.59. The molecule has 1 unspecified atom stereocenters. The first-order valence-electron chi connectivity index (χ1n) is 6.85. The highest BCUT2D eigenvalue weighted by molar-refractivity contribution is 5.75. The minimum Gasteiger partial charge on any atom is -0.381 e. The van der Waals surface area contributed by atoms with Crippen LogP contribution in [0.5, 0.6) is 0 Å². The first kappa shape index (κ1) is 12.7. The van der Waals surface area contributed by atoms with Crippen molar-refractivity contribution < 1.29 is 4.74 Å². The molecule has 4 heteroatoms. The minimum atomic E-state index is 0.231. The first-order valence-corrected chi connectivity index (χ1v) is 6.85. The molecular weight excluding hydrogens is 214 g/mol. The van der Waals surface area contributed by atoms with Crippen molar-refractivity contribution in [2.45, 2.75) is 39.0 Å². The summed E-state index contributed by atoms with van der Waals surface area (Å²) in [7, 11) is 0. The zero-order valence-electron chi connectivity index (χ0n) is 10.9. The maximum atomic E-state index is 7.62. The maximum Gasteiger partial charge on any atom is 0.188 e. The number of rotatable bonds is 3. The molecule has 0 aromatic carbocycles. The molecule has 1 aliphatic carbocycles. The molecule has 1 atom stereocenters. The Morgan fingerprint density at radius 3 is 2.71 bits per heavy atom. The quantitative estimate of drug-likeness (QED) is 0.583. The van der Waals surface area contributed by atoms with Gasteiger partial charge >= 0.3 is 0 Å². The van der Waals surface area contributed by atoms with Gasteiger partial charge in [-0.15, -0.1) is 0 Å². The predicted octanol–water partition coefficient (Wildman–Crippen LogP) is 1.80. The summed E-state index contributed by atoms with van der Waals surface area (Å²) >= 11 is 0. The van der Waals surface area contributed by atoms with Crippen LogP contribution in [0.15, 0.2) is 0 Å². The Kier molecular flexibility index (Phi) is 3.92. The zero-order valence-corrected chi connectivity index (χ0v) is 10.9. The average molecular weight is 239 g/mol. The number of nitrogens with zero attached hydrogens (tertiary/aromatic N) is 1. The third-order valence-electron chi connectivity index (χ3n) is 4.53. The van der Waals surface area contributed by atoms with E-state index in [2.05, 4.69) is 0 Å². The van der Waals surface area contributed by atoms with Crippen LogP contribution >= 0.6 is 0 Å². The highest BCUT2D eigenvalue weighted by Crippen LogP contribution is 2.47. The summed E-state index contributed by atoms with van der Waals surface area (Å²) in [5.41, 5.74) is 6.02. The van der Waals surface area contributed by atoms with E-state index in [4.69, 9.17) is 15.9 Å². The van der Waals surface area contributed by atoms with E-state index >= 15 is 0 Å². The molecular formula is C13H25N3O. The molecule has 1 saturated heterocycles. The Morgan fingerprint density at radius 2 is 2.12 bits per heavy atom. The largest absolute Gasteiger partial charge is 0.381 e. The highest BCUT2D eigenvalue weighted by Gasteiger charge is 2.47. The topological polar surface area (TPSA) is 62.3 Å². The fourth-order valence-electron chi connectivity index (χ4n) is 3.53. The van der Waals surface area contributed by atoms with Crippen LogP contribution in [0.4, 0.5) is 0 Å². The highest BCUT2D eigenvalue weighted by atomic mass is 16.5. The second kappa shape index (κ2) is 5.25. The van der Waals surface area contributed by atoms with Crippen molar-refractivity contribution in [2.75, 3.05) is 26.3 Å². The van der Waals surface area contributed by atoms with Gasteiger partial charge in [0.15, 0.2) is 5.96 Å². The number of nitrogens with one attached hydrogen (secondary N) is 1. The standard InChI is InChI=1S/C13H25N3O/c1-2-17-9-11-8-16(12(14)15)10-13(11)6-4-3-5-7-13/h11H,2-10H2,1H3,(H3,14,15). The summed E-state index contributed by atoms with van der Waals surface area (Å²) in [6, 6.07) is 0. The molecule has 1 spiro atoms. The minimum absolute atomic E-state index is 0.231. The Labute approximate surface area is 104 Å². The molecule has 2 fully saturated rings. The molecule has 3 N–H and O–H groups in total. The van der Waals surface area contributed by atoms with Crippen LogP contribution in [0.1, 0.15) is 39.0 Å². The van der Waals surface area contributed by atoms with E-state index in [1.807, 2.05) is 11.8 Å². The Hall–Kier alpha value is -0.770. The van der Waals surface area contributed by atoms with Crippen LogP contribution in [0.25, 0.3) is 0 Å². The second-order valence-corrected chi connectivity index (χ2v) is 5.55. The van der Waals surface area contributed by atoms with E-state index in [0.29, 0.717) is 11.3 Å². The number of guanidine groups is 1. The lowest BCUT2D eigenvalue weighted by molar-refractivity contribution is 0.0467. The van der Waals surface area contributed by atoms with Crippen LogP contribution in [0.3, 0.4) is 0 Å². The number of likely N-dealkylation sites (tertiary alicyclic amines) is 1. The van der Waals surface area contributed by atoms with Gasteiger partial charge in [0.25, 0.3) is 0 Å². The third-order valence-corrected chi connectivity index (χ3v) is 4.53. The van der Waals surface area contributed by atoms with Gasteiger partial charge in [0.2, 0.25) is 0 Å². The van der Waals surface area contributed by atoms with Crippen LogP contribution in [0, 0.1) is 16.7 Å². The average Bonchev–Trinajstić information content (AvgIpc) is 2.66. The van der Waals surface area contributed by atoms with Gasteiger partial charge < -0.3 is 15.4 Å². The van der Waals surface area contributed by atoms with E-state index in [0.717, 1.165) is 26.3 Å². The summed E-state index contributed by atoms with van der Waals surface area (Å²) in [5.74, 6) is 0.792. The molecule has 1 aliphatic heterocycles. The lowest BCUT2D eigenvalue weighted by atomic mass is 9.68. The fourth-order valence-corrected chi connectivity index (χ4v) is 3.53. The van der Waals surface area contributed by atoms with Crippen molar-refractivity contribution in [1.82, 2.24) is 4.90 Å². The number of hydrogen-bond acceptors (Lipinski definition) is 2. The normalized spacial score (nSPS) is 27.6. The predicted molar refractivity (Wildman–Crippen MR) is 69.0 cm³/mol. The molecule has 1 heterocycles. The number of hydrogen-bond donors (Lipinski definition) is 2. The van der Waals surface area contributed by atoms with Gasteiger partial charge in [0.1, 0.15) is 0 Å². The van der Waals surface area contributed by atoms with Crippen LogP contribution in [-0.2, 0) is 4.74 Å². The SMILES string of the molecule is CCOCC1CN(C(=N)N)CC12CCCCC2. The summed E-state index contributed by atoms with van der Waals surface area (Å²) in [4.78, 5) is 2.04. The van der Waals surface area contributed by atoms with E-state index < -0.39 is 0 Å². The van der Waals surface area contributed by atoms with E-state index in [1.54, 1.807) is 0 Å². The molecule has 0 bridgehead atoms. The van der Waals surface area contributed by atoms with Gasteiger partial charge in [-0.2, -0.15) is 0 Å². The summed E-state index contributed by atoms with van der Waals surface area (Å²) < 4.78 is 5.64. The lowest BCUT2D eigenvalue weighted by Gasteiger charge is -2.38. The molecule has 1 saturated carbocycles. The van der Waals surface area contributed by atoms with Crippen molar-refractivity contribution in [1.29, 1.82) is 5.41 Å².